The van der Waals surface area contributed by atoms with E-state index in [2.05, 4.69) is 22.5 Å². The average molecular weight is 295 g/mol. The summed E-state index contributed by atoms with van der Waals surface area (Å²) >= 11 is 5.31. The van der Waals surface area contributed by atoms with Crippen LogP contribution in [0.25, 0.3) is 0 Å². The second kappa shape index (κ2) is 8.83. The topological polar surface area (TPSA) is 67.4 Å². The molecule has 5 nitrogen and oxygen atoms in total. The highest BCUT2D eigenvalue weighted by Gasteiger charge is 1.97. The summed E-state index contributed by atoms with van der Waals surface area (Å²) in [6.07, 6.45) is 0. The zero-order chi connectivity index (χ0) is 14.8. The van der Waals surface area contributed by atoms with Gasteiger partial charge in [-0.1, -0.05) is 17.9 Å². The van der Waals surface area contributed by atoms with Gasteiger partial charge in [0.1, 0.15) is 18.2 Å². The predicted molar refractivity (Wildman–Crippen MR) is 77.7 cm³/mol. The fourth-order valence-corrected chi connectivity index (χ4v) is 1.38. The molecule has 0 atom stereocenters. The van der Waals surface area contributed by atoms with E-state index in [0.717, 1.165) is 0 Å². The van der Waals surface area contributed by atoms with Crippen LogP contribution in [0.5, 0.6) is 5.75 Å². The van der Waals surface area contributed by atoms with Crippen LogP contribution >= 0.6 is 11.6 Å². The van der Waals surface area contributed by atoms with E-state index >= 15 is 0 Å². The molecular weight excluding hydrogens is 280 g/mol. The Labute approximate surface area is 122 Å². The normalized spacial score (nSPS) is 9.10. The van der Waals surface area contributed by atoms with Crippen molar-refractivity contribution in [1.29, 1.82) is 0 Å². The number of rotatable bonds is 5. The number of alkyl halides is 1. The fraction of sp³-hybridized carbons (Fsp3) is 0.286. The van der Waals surface area contributed by atoms with Gasteiger partial charge < -0.3 is 15.4 Å². The van der Waals surface area contributed by atoms with E-state index in [-0.39, 0.29) is 30.8 Å². The molecule has 1 aromatic rings. The molecular formula is C14H15ClN2O3. The Bertz CT molecular complexity index is 535. The number of carbonyl (C=O) groups excluding carboxylic acids is 2. The maximum atomic E-state index is 10.9. The summed E-state index contributed by atoms with van der Waals surface area (Å²) in [5, 5.41) is 5.17. The van der Waals surface area contributed by atoms with Gasteiger partial charge >= 0.3 is 0 Å². The van der Waals surface area contributed by atoms with E-state index in [9.17, 15) is 9.59 Å². The molecule has 6 heteroatoms. The Balaban J connectivity index is 2.37. The molecule has 0 radical (unpaired) electrons. The van der Waals surface area contributed by atoms with Crippen LogP contribution in [-0.4, -0.2) is 30.8 Å². The van der Waals surface area contributed by atoms with Crippen molar-refractivity contribution in [1.82, 2.24) is 5.32 Å². The Morgan fingerprint density at radius 3 is 2.85 bits per heavy atom. The van der Waals surface area contributed by atoms with Gasteiger partial charge in [-0.05, 0) is 12.1 Å². The van der Waals surface area contributed by atoms with Gasteiger partial charge in [0.15, 0.2) is 0 Å². The third kappa shape index (κ3) is 6.66. The molecule has 0 unspecified atom stereocenters. The molecule has 0 bridgehead atoms. The van der Waals surface area contributed by atoms with Crippen molar-refractivity contribution in [2.75, 3.05) is 24.3 Å². The SMILES string of the molecule is CC(=O)Nc1cccc(OCC#CCNC(=O)CCl)c1. The van der Waals surface area contributed by atoms with E-state index in [1.54, 1.807) is 24.3 Å². The highest BCUT2D eigenvalue weighted by Crippen LogP contribution is 2.16. The first-order valence-electron chi connectivity index (χ1n) is 5.90. The third-order valence-corrected chi connectivity index (χ3v) is 2.33. The first-order chi connectivity index (χ1) is 9.61. The van der Waals surface area contributed by atoms with Crippen LogP contribution in [0, 0.1) is 11.8 Å². The molecule has 0 saturated carbocycles. The van der Waals surface area contributed by atoms with Gasteiger partial charge in [-0.3, -0.25) is 9.59 Å². The predicted octanol–water partition coefficient (Wildman–Crippen LogP) is 1.38. The van der Waals surface area contributed by atoms with Crippen molar-refractivity contribution < 1.29 is 14.3 Å². The van der Waals surface area contributed by atoms with E-state index < -0.39 is 0 Å². The number of halogens is 1. The van der Waals surface area contributed by atoms with Gasteiger partial charge in [-0.15, -0.1) is 11.6 Å². The monoisotopic (exact) mass is 294 g/mol. The zero-order valence-electron chi connectivity index (χ0n) is 11.0. The van der Waals surface area contributed by atoms with Crippen molar-refractivity contribution in [2.24, 2.45) is 0 Å². The lowest BCUT2D eigenvalue weighted by Crippen LogP contribution is -2.24. The number of anilines is 1. The minimum atomic E-state index is -0.259. The molecule has 0 heterocycles. The summed E-state index contributed by atoms with van der Waals surface area (Å²) < 4.78 is 5.40. The standard InChI is InChI=1S/C14H15ClN2O3/c1-11(18)17-12-5-4-6-13(9-12)20-8-3-2-7-16-14(19)10-15/h4-6,9H,7-8,10H2,1H3,(H,16,19)(H,17,18). The molecule has 0 fully saturated rings. The molecule has 0 aliphatic rings. The van der Waals surface area contributed by atoms with Crippen molar-refractivity contribution in [3.05, 3.63) is 24.3 Å². The summed E-state index contributed by atoms with van der Waals surface area (Å²) in [5.41, 5.74) is 0.664. The number of nitrogens with one attached hydrogen (secondary N) is 2. The molecule has 0 saturated heterocycles. The molecule has 1 rings (SSSR count). The first-order valence-corrected chi connectivity index (χ1v) is 6.44. The van der Waals surface area contributed by atoms with Crippen LogP contribution in [0.15, 0.2) is 24.3 Å². The van der Waals surface area contributed by atoms with Crippen molar-refractivity contribution in [3.63, 3.8) is 0 Å². The largest absolute Gasteiger partial charge is 0.481 e. The quantitative estimate of drug-likeness (QED) is 0.637. The number of amides is 2. The summed E-state index contributed by atoms with van der Waals surface area (Å²) in [4.78, 5) is 21.7. The van der Waals surface area contributed by atoms with Crippen molar-refractivity contribution >= 4 is 29.1 Å². The number of ether oxygens (including phenoxy) is 1. The van der Waals surface area contributed by atoms with E-state index in [1.165, 1.54) is 6.92 Å². The lowest BCUT2D eigenvalue weighted by molar-refractivity contribution is -0.118. The first kappa shape index (κ1) is 15.9. The Hall–Kier alpha value is -2.19. The maximum absolute atomic E-state index is 10.9. The van der Waals surface area contributed by atoms with Crippen molar-refractivity contribution in [3.8, 4) is 17.6 Å². The van der Waals surface area contributed by atoms with Gasteiger partial charge in [0.2, 0.25) is 11.8 Å². The van der Waals surface area contributed by atoms with Gasteiger partial charge in [-0.25, -0.2) is 0 Å². The number of benzene rings is 1. The average Bonchev–Trinajstić information content (AvgIpc) is 2.42. The number of hydrogen-bond donors (Lipinski definition) is 2. The Morgan fingerprint density at radius 1 is 1.35 bits per heavy atom. The van der Waals surface area contributed by atoms with Crippen LogP contribution in [0.4, 0.5) is 5.69 Å². The van der Waals surface area contributed by atoms with E-state index in [4.69, 9.17) is 16.3 Å². The molecule has 2 N–H and O–H groups in total. The third-order valence-electron chi connectivity index (χ3n) is 2.09. The summed E-state index contributed by atoms with van der Waals surface area (Å²) in [6, 6.07) is 7.01. The van der Waals surface area contributed by atoms with E-state index in [0.29, 0.717) is 11.4 Å². The highest BCUT2D eigenvalue weighted by molar-refractivity contribution is 6.27. The molecule has 1 aromatic carbocycles. The lowest BCUT2D eigenvalue weighted by Gasteiger charge is -2.05. The Kier molecular flexibility index (Phi) is 7.01. The van der Waals surface area contributed by atoms with Crippen LogP contribution in [0.2, 0.25) is 0 Å². The molecule has 0 spiro atoms. The van der Waals surface area contributed by atoms with E-state index in [1.807, 2.05) is 0 Å². The smallest absolute Gasteiger partial charge is 0.235 e. The number of hydrogen-bond acceptors (Lipinski definition) is 3. The minimum Gasteiger partial charge on any atom is -0.481 e. The van der Waals surface area contributed by atoms with Crippen LogP contribution in [0.1, 0.15) is 6.92 Å². The summed E-state index contributed by atoms with van der Waals surface area (Å²) in [5.74, 6) is 5.62. The highest BCUT2D eigenvalue weighted by atomic mass is 35.5. The minimum absolute atomic E-state index is 0.0753. The van der Waals surface area contributed by atoms with Crippen LogP contribution in [-0.2, 0) is 9.59 Å². The summed E-state index contributed by atoms with van der Waals surface area (Å²) in [7, 11) is 0. The number of carbonyl (C=O) groups is 2. The van der Waals surface area contributed by atoms with Crippen LogP contribution in [0.3, 0.4) is 0 Å². The summed E-state index contributed by atoms with van der Waals surface area (Å²) in [6.45, 7) is 1.87. The zero-order valence-corrected chi connectivity index (χ0v) is 11.8. The van der Waals surface area contributed by atoms with Gasteiger partial charge in [0.25, 0.3) is 0 Å². The van der Waals surface area contributed by atoms with Gasteiger partial charge in [-0.2, -0.15) is 0 Å². The molecule has 0 aliphatic carbocycles. The fourth-order valence-electron chi connectivity index (χ4n) is 1.29. The molecule has 0 aliphatic heterocycles. The molecule has 2 amide bonds. The molecule has 106 valence electrons. The van der Waals surface area contributed by atoms with Crippen molar-refractivity contribution in [2.45, 2.75) is 6.92 Å². The molecule has 20 heavy (non-hydrogen) atoms. The lowest BCUT2D eigenvalue weighted by atomic mass is 10.3. The molecule has 0 aromatic heterocycles. The Morgan fingerprint density at radius 2 is 2.15 bits per heavy atom. The van der Waals surface area contributed by atoms with Gasteiger partial charge in [0, 0.05) is 18.7 Å². The second-order valence-corrected chi connectivity index (χ2v) is 4.03. The van der Waals surface area contributed by atoms with Crippen LogP contribution < -0.4 is 15.4 Å². The second-order valence-electron chi connectivity index (χ2n) is 3.76. The van der Waals surface area contributed by atoms with Gasteiger partial charge in [0.05, 0.1) is 6.54 Å². The maximum Gasteiger partial charge on any atom is 0.235 e.